The monoisotopic (exact) mass is 340 g/mol. The molecule has 0 aliphatic carbocycles. The van der Waals surface area contributed by atoms with E-state index >= 15 is 0 Å². The summed E-state index contributed by atoms with van der Waals surface area (Å²) in [5.74, 6) is -0.855. The van der Waals surface area contributed by atoms with Crippen LogP contribution >= 0.6 is 0 Å². The van der Waals surface area contributed by atoms with Gasteiger partial charge in [-0.2, -0.15) is 0 Å². The summed E-state index contributed by atoms with van der Waals surface area (Å²) >= 11 is 0. The summed E-state index contributed by atoms with van der Waals surface area (Å²) in [7, 11) is 0. The average molecular weight is 340 g/mol. The zero-order valence-electron chi connectivity index (χ0n) is 13.7. The van der Waals surface area contributed by atoms with Gasteiger partial charge in [0.1, 0.15) is 11.6 Å². The number of aryl methyl sites for hydroxylation is 1. The number of hydrogen-bond donors (Lipinski definition) is 1. The Morgan fingerprint density at radius 1 is 1.04 bits per heavy atom. The van der Waals surface area contributed by atoms with Crippen molar-refractivity contribution in [3.63, 3.8) is 0 Å². The van der Waals surface area contributed by atoms with Crippen LogP contribution in [-0.4, -0.2) is 10.5 Å². The number of rotatable bonds is 5. The molecule has 1 N–H and O–H groups in total. The normalized spacial score (nSPS) is 12.0. The predicted octanol–water partition coefficient (Wildman–Crippen LogP) is 4.69. The topological polar surface area (TPSA) is 34.0 Å². The van der Waals surface area contributed by atoms with Crippen LogP contribution < -0.4 is 5.32 Å². The number of aromatic nitrogens is 1. The second kappa shape index (κ2) is 7.30. The molecule has 0 radical (unpaired) electrons. The third kappa shape index (κ3) is 4.12. The van der Waals surface area contributed by atoms with E-state index in [1.54, 1.807) is 25.1 Å². The van der Waals surface area contributed by atoms with E-state index in [0.29, 0.717) is 11.3 Å². The Labute approximate surface area is 144 Å². The van der Waals surface area contributed by atoms with Gasteiger partial charge in [-0.05, 0) is 60.5 Å². The first-order chi connectivity index (χ1) is 12.0. The molecule has 0 aliphatic rings. The summed E-state index contributed by atoms with van der Waals surface area (Å²) in [5, 5.41) is 2.82. The van der Waals surface area contributed by atoms with Gasteiger partial charge in [-0.25, -0.2) is 8.78 Å². The van der Waals surface area contributed by atoms with Crippen molar-refractivity contribution < 1.29 is 13.6 Å². The van der Waals surface area contributed by atoms with Crippen molar-refractivity contribution in [3.05, 3.63) is 89.8 Å². The number of carbonyl (C=O) groups is 1. The summed E-state index contributed by atoms with van der Waals surface area (Å²) in [6, 6.07) is 13.8. The maximum absolute atomic E-state index is 13.2. The van der Waals surface area contributed by atoms with E-state index in [0.717, 1.165) is 5.56 Å². The highest BCUT2D eigenvalue weighted by atomic mass is 19.1. The lowest BCUT2D eigenvalue weighted by molar-refractivity contribution is -0.116. The maximum atomic E-state index is 13.2. The number of nitrogens with one attached hydrogen (secondary N) is 1. The van der Waals surface area contributed by atoms with Crippen LogP contribution in [0.1, 0.15) is 23.6 Å². The summed E-state index contributed by atoms with van der Waals surface area (Å²) in [6.45, 7) is 1.74. The number of amides is 1. The number of anilines is 1. The van der Waals surface area contributed by atoms with Crippen LogP contribution in [0.4, 0.5) is 14.5 Å². The van der Waals surface area contributed by atoms with Gasteiger partial charge in [0.25, 0.3) is 0 Å². The van der Waals surface area contributed by atoms with Gasteiger partial charge in [-0.15, -0.1) is 0 Å². The molecule has 0 spiro atoms. The van der Waals surface area contributed by atoms with Crippen molar-refractivity contribution in [2.24, 2.45) is 0 Å². The van der Waals surface area contributed by atoms with Gasteiger partial charge >= 0.3 is 0 Å². The number of benzene rings is 2. The second-order valence-corrected chi connectivity index (χ2v) is 5.91. The Bertz CT molecular complexity index is 858. The third-order valence-corrected chi connectivity index (χ3v) is 4.08. The molecule has 25 heavy (non-hydrogen) atoms. The fraction of sp³-hybridized carbons (Fsp3) is 0.150. The van der Waals surface area contributed by atoms with Crippen LogP contribution in [-0.2, 0) is 4.79 Å². The molecule has 0 saturated heterocycles. The predicted molar refractivity (Wildman–Crippen MR) is 93.4 cm³/mol. The van der Waals surface area contributed by atoms with Crippen molar-refractivity contribution >= 4 is 11.6 Å². The molecule has 0 saturated carbocycles. The van der Waals surface area contributed by atoms with Crippen LogP contribution in [0.2, 0.25) is 0 Å². The molecule has 1 aromatic heterocycles. The molecule has 3 aromatic rings. The zero-order chi connectivity index (χ0) is 17.8. The molecular weight excluding hydrogens is 322 g/mol. The highest BCUT2D eigenvalue weighted by Gasteiger charge is 2.18. The first kappa shape index (κ1) is 16.9. The van der Waals surface area contributed by atoms with Gasteiger partial charge in [-0.1, -0.05) is 12.1 Å². The van der Waals surface area contributed by atoms with E-state index < -0.39 is 0 Å². The Morgan fingerprint density at radius 2 is 1.68 bits per heavy atom. The molecule has 2 aromatic carbocycles. The smallest absolute Gasteiger partial charge is 0.226 e. The Balaban J connectivity index is 1.80. The lowest BCUT2D eigenvalue weighted by atomic mass is 10.0. The van der Waals surface area contributed by atoms with Crippen molar-refractivity contribution in [2.45, 2.75) is 19.4 Å². The lowest BCUT2D eigenvalue weighted by Crippen LogP contribution is -2.20. The Morgan fingerprint density at radius 3 is 2.32 bits per heavy atom. The summed E-state index contributed by atoms with van der Waals surface area (Å²) in [5.41, 5.74) is 2.08. The largest absolute Gasteiger partial charge is 0.346 e. The van der Waals surface area contributed by atoms with Crippen molar-refractivity contribution in [2.75, 3.05) is 5.32 Å². The van der Waals surface area contributed by atoms with Crippen LogP contribution in [0.3, 0.4) is 0 Å². The molecule has 1 amide bonds. The molecule has 128 valence electrons. The van der Waals surface area contributed by atoms with E-state index in [1.807, 2.05) is 29.1 Å². The average Bonchev–Trinajstić information content (AvgIpc) is 3.10. The zero-order valence-corrected chi connectivity index (χ0v) is 13.7. The standard InChI is InChI=1S/C20H18F2N2O/c1-14-12-17(22)8-9-18(14)23-20(25)13-19(24-10-2-3-11-24)15-4-6-16(21)7-5-15/h2-12,19H,13H2,1H3,(H,23,25). The van der Waals surface area contributed by atoms with E-state index in [9.17, 15) is 13.6 Å². The molecule has 5 heteroatoms. The molecule has 0 bridgehead atoms. The highest BCUT2D eigenvalue weighted by Crippen LogP contribution is 2.24. The third-order valence-electron chi connectivity index (χ3n) is 4.08. The van der Waals surface area contributed by atoms with Gasteiger partial charge in [0.15, 0.2) is 0 Å². The van der Waals surface area contributed by atoms with Crippen LogP contribution in [0.25, 0.3) is 0 Å². The minimum atomic E-state index is -0.341. The van der Waals surface area contributed by atoms with E-state index in [4.69, 9.17) is 0 Å². The molecule has 0 aliphatic heterocycles. The number of nitrogens with zero attached hydrogens (tertiary/aromatic N) is 1. The summed E-state index contributed by atoms with van der Waals surface area (Å²) in [6.07, 6.45) is 3.91. The fourth-order valence-corrected chi connectivity index (χ4v) is 2.78. The molecule has 1 heterocycles. The van der Waals surface area contributed by atoms with Crippen LogP contribution in [0.5, 0.6) is 0 Å². The van der Waals surface area contributed by atoms with Crippen molar-refractivity contribution in [1.29, 1.82) is 0 Å². The molecule has 3 rings (SSSR count). The molecule has 0 fully saturated rings. The van der Waals surface area contributed by atoms with E-state index in [-0.39, 0.29) is 30.0 Å². The van der Waals surface area contributed by atoms with Crippen LogP contribution in [0, 0.1) is 18.6 Å². The molecule has 3 nitrogen and oxygen atoms in total. The first-order valence-corrected chi connectivity index (χ1v) is 7.97. The summed E-state index contributed by atoms with van der Waals surface area (Å²) in [4.78, 5) is 12.5. The SMILES string of the molecule is Cc1cc(F)ccc1NC(=O)CC(c1ccc(F)cc1)n1cccc1. The highest BCUT2D eigenvalue weighted by molar-refractivity contribution is 5.92. The number of halogens is 2. The fourth-order valence-electron chi connectivity index (χ4n) is 2.78. The number of hydrogen-bond acceptors (Lipinski definition) is 1. The summed E-state index contributed by atoms with van der Waals surface area (Å²) < 4.78 is 28.3. The minimum Gasteiger partial charge on any atom is -0.346 e. The van der Waals surface area contributed by atoms with Gasteiger partial charge in [-0.3, -0.25) is 4.79 Å². The Hall–Kier alpha value is -2.95. The number of carbonyl (C=O) groups excluding carboxylic acids is 1. The molecular formula is C20H18F2N2O. The molecule has 1 unspecified atom stereocenters. The van der Waals surface area contributed by atoms with Crippen LogP contribution in [0.15, 0.2) is 67.0 Å². The maximum Gasteiger partial charge on any atom is 0.226 e. The Kier molecular flexibility index (Phi) is 4.93. The van der Waals surface area contributed by atoms with E-state index in [1.165, 1.54) is 24.3 Å². The van der Waals surface area contributed by atoms with Gasteiger partial charge < -0.3 is 9.88 Å². The second-order valence-electron chi connectivity index (χ2n) is 5.91. The van der Waals surface area contributed by atoms with Gasteiger partial charge in [0.05, 0.1) is 12.5 Å². The lowest BCUT2D eigenvalue weighted by Gasteiger charge is -2.20. The van der Waals surface area contributed by atoms with Crippen molar-refractivity contribution in [3.8, 4) is 0 Å². The first-order valence-electron chi connectivity index (χ1n) is 7.97. The molecule has 1 atom stereocenters. The van der Waals surface area contributed by atoms with E-state index in [2.05, 4.69) is 5.32 Å². The quantitative estimate of drug-likeness (QED) is 0.718. The van der Waals surface area contributed by atoms with Crippen molar-refractivity contribution in [1.82, 2.24) is 4.57 Å². The minimum absolute atomic E-state index is 0.178. The van der Waals surface area contributed by atoms with Gasteiger partial charge in [0.2, 0.25) is 5.91 Å². The van der Waals surface area contributed by atoms with Gasteiger partial charge in [0, 0.05) is 18.1 Å².